The number of hydrogen-bond donors (Lipinski definition) is 5. The fraction of sp³-hybridized carbons (Fsp3) is 0.700. The van der Waals surface area contributed by atoms with Crippen molar-refractivity contribution in [2.75, 3.05) is 26.4 Å². The molecule has 0 amide bonds. The summed E-state index contributed by atoms with van der Waals surface area (Å²) in [6, 6.07) is 8.11. The molecule has 8 heteroatoms. The Morgan fingerprint density at radius 1 is 0.893 bits per heavy atom. The highest BCUT2D eigenvalue weighted by molar-refractivity contribution is 7.89. The van der Waals surface area contributed by atoms with Gasteiger partial charge in [0.15, 0.2) is 0 Å². The first-order valence-corrected chi connectivity index (χ1v) is 11.4. The first kappa shape index (κ1) is 21.7. The first-order chi connectivity index (χ1) is 13.4. The first-order valence-electron chi connectivity index (χ1n) is 9.88. The van der Waals surface area contributed by atoms with Crippen LogP contribution in [0.15, 0.2) is 35.2 Å². The van der Waals surface area contributed by atoms with Gasteiger partial charge < -0.3 is 20.4 Å². The van der Waals surface area contributed by atoms with Crippen molar-refractivity contribution in [2.24, 2.45) is 16.7 Å². The molecule has 0 aliphatic heterocycles. The van der Waals surface area contributed by atoms with Crippen molar-refractivity contribution in [1.82, 2.24) is 4.72 Å². The lowest BCUT2D eigenvalue weighted by Crippen LogP contribution is -2.54. The van der Waals surface area contributed by atoms with Crippen LogP contribution in [0.2, 0.25) is 0 Å². The van der Waals surface area contributed by atoms with Crippen LogP contribution >= 0.6 is 0 Å². The Balaban J connectivity index is 2.03. The standard InChI is InChI=1S/C20H31NO6S/c22-10-6-17-19(8-12-24)14-18(19,7-11-23)15-20(17,9-13-25)21-28(26,27)16-4-2-1-3-5-16/h1-5,17,21-25H,6-15H2. The van der Waals surface area contributed by atoms with Crippen LogP contribution in [0.25, 0.3) is 0 Å². The molecule has 2 aliphatic rings. The molecule has 0 heterocycles. The summed E-state index contributed by atoms with van der Waals surface area (Å²) in [5, 5.41) is 38.8. The second kappa shape index (κ2) is 8.01. The summed E-state index contributed by atoms with van der Waals surface area (Å²) < 4.78 is 29.1. The molecule has 0 radical (unpaired) electrons. The van der Waals surface area contributed by atoms with Crippen LogP contribution in [0, 0.1) is 16.7 Å². The van der Waals surface area contributed by atoms with E-state index in [-0.39, 0.29) is 54.5 Å². The van der Waals surface area contributed by atoms with Crippen LogP contribution in [0.1, 0.15) is 38.5 Å². The number of sulfonamides is 1. The number of fused-ring (bicyclic) bond motifs is 1. The zero-order valence-corrected chi connectivity index (χ0v) is 16.9. The van der Waals surface area contributed by atoms with Gasteiger partial charge in [0.25, 0.3) is 0 Å². The highest BCUT2D eigenvalue weighted by Gasteiger charge is 2.78. The van der Waals surface area contributed by atoms with Gasteiger partial charge in [0.1, 0.15) is 0 Å². The molecule has 0 aromatic heterocycles. The van der Waals surface area contributed by atoms with Gasteiger partial charge in [0.05, 0.1) is 4.90 Å². The third-order valence-corrected chi connectivity index (χ3v) is 8.66. The summed E-state index contributed by atoms with van der Waals surface area (Å²) in [6.07, 6.45) is 2.91. The fourth-order valence-electron chi connectivity index (χ4n) is 6.14. The van der Waals surface area contributed by atoms with Crippen LogP contribution in [0.3, 0.4) is 0 Å². The van der Waals surface area contributed by atoms with E-state index in [0.29, 0.717) is 25.7 Å². The van der Waals surface area contributed by atoms with E-state index in [1.54, 1.807) is 18.2 Å². The molecule has 5 N–H and O–H groups in total. The molecule has 1 aromatic carbocycles. The maximum absolute atomic E-state index is 13.1. The van der Waals surface area contributed by atoms with Gasteiger partial charge in [-0.2, -0.15) is 0 Å². The zero-order valence-electron chi connectivity index (χ0n) is 16.0. The van der Waals surface area contributed by atoms with E-state index < -0.39 is 15.6 Å². The second-order valence-electron chi connectivity index (χ2n) is 8.35. The zero-order chi connectivity index (χ0) is 20.5. The van der Waals surface area contributed by atoms with Crippen molar-refractivity contribution >= 4 is 10.0 Å². The smallest absolute Gasteiger partial charge is 0.241 e. The molecule has 0 bridgehead atoms. The van der Waals surface area contributed by atoms with Crippen LogP contribution in [-0.2, 0) is 10.0 Å². The van der Waals surface area contributed by atoms with Gasteiger partial charge in [-0.15, -0.1) is 0 Å². The third kappa shape index (κ3) is 3.40. The number of benzene rings is 1. The summed E-state index contributed by atoms with van der Waals surface area (Å²) in [5.41, 5.74) is -1.53. The van der Waals surface area contributed by atoms with Crippen LogP contribution in [0.4, 0.5) is 0 Å². The van der Waals surface area contributed by atoms with E-state index in [2.05, 4.69) is 4.72 Å². The number of nitrogens with one attached hydrogen (secondary N) is 1. The summed E-state index contributed by atoms with van der Waals surface area (Å²) in [5.74, 6) is -0.227. The molecule has 7 nitrogen and oxygen atoms in total. The minimum absolute atomic E-state index is 0.0142. The average molecular weight is 414 g/mol. The minimum atomic E-state index is -3.83. The maximum Gasteiger partial charge on any atom is 0.241 e. The molecule has 0 spiro atoms. The molecule has 0 saturated heterocycles. The molecule has 2 saturated carbocycles. The predicted molar refractivity (Wildman–Crippen MR) is 104 cm³/mol. The number of hydrogen-bond acceptors (Lipinski definition) is 6. The van der Waals surface area contributed by atoms with Crippen LogP contribution in [0.5, 0.6) is 0 Å². The highest BCUT2D eigenvalue weighted by Crippen LogP contribution is 2.81. The lowest BCUT2D eigenvalue weighted by molar-refractivity contribution is 0.101. The van der Waals surface area contributed by atoms with E-state index in [1.807, 2.05) is 0 Å². The van der Waals surface area contributed by atoms with Gasteiger partial charge >= 0.3 is 0 Å². The SMILES string of the molecule is O=S(=O)(NC1(CCO)CC2(CCO)CC2(CCO)C1CCO)c1ccccc1. The van der Waals surface area contributed by atoms with Crippen molar-refractivity contribution < 1.29 is 28.8 Å². The maximum atomic E-state index is 13.1. The molecule has 2 fully saturated rings. The molecule has 4 atom stereocenters. The lowest BCUT2D eigenvalue weighted by Gasteiger charge is -2.41. The number of rotatable bonds is 11. The van der Waals surface area contributed by atoms with Gasteiger partial charge in [0.2, 0.25) is 10.0 Å². The Bertz CT molecular complexity index is 772. The fourth-order valence-corrected chi connectivity index (χ4v) is 7.63. The largest absolute Gasteiger partial charge is 0.396 e. The van der Waals surface area contributed by atoms with Crippen molar-refractivity contribution in [1.29, 1.82) is 0 Å². The van der Waals surface area contributed by atoms with Crippen LogP contribution in [-0.4, -0.2) is 60.8 Å². The monoisotopic (exact) mass is 413 g/mol. The summed E-state index contributed by atoms with van der Waals surface area (Å²) in [6.45, 7) is -0.341. The number of aliphatic hydroxyl groups is 4. The van der Waals surface area contributed by atoms with Gasteiger partial charge in [0, 0.05) is 32.0 Å². The van der Waals surface area contributed by atoms with Crippen LogP contribution < -0.4 is 4.72 Å². The van der Waals surface area contributed by atoms with E-state index in [4.69, 9.17) is 0 Å². The molecular formula is C20H31NO6S. The molecule has 4 unspecified atom stereocenters. The van der Waals surface area contributed by atoms with Crippen molar-refractivity contribution in [3.8, 4) is 0 Å². The van der Waals surface area contributed by atoms with Crippen molar-refractivity contribution in [2.45, 2.75) is 49.0 Å². The Kier molecular flexibility index (Phi) is 6.20. The van der Waals surface area contributed by atoms with Gasteiger partial charge in [-0.25, -0.2) is 13.1 Å². The third-order valence-electron chi connectivity index (χ3n) is 7.09. The Hall–Kier alpha value is -1.03. The van der Waals surface area contributed by atoms with E-state index in [1.165, 1.54) is 12.1 Å². The van der Waals surface area contributed by atoms with Crippen molar-refractivity contribution in [3.05, 3.63) is 30.3 Å². The van der Waals surface area contributed by atoms with Gasteiger partial charge in [-0.05, 0) is 67.4 Å². The topological polar surface area (TPSA) is 127 Å². The van der Waals surface area contributed by atoms with Crippen molar-refractivity contribution in [3.63, 3.8) is 0 Å². The quantitative estimate of drug-likeness (QED) is 0.362. The summed E-state index contributed by atoms with van der Waals surface area (Å²) in [7, 11) is -3.83. The molecule has 2 aliphatic carbocycles. The van der Waals surface area contributed by atoms with E-state index in [0.717, 1.165) is 6.42 Å². The normalized spacial score (nSPS) is 34.4. The molecule has 1 aromatic rings. The summed E-state index contributed by atoms with van der Waals surface area (Å²) >= 11 is 0. The second-order valence-corrected chi connectivity index (χ2v) is 10.0. The predicted octanol–water partition coefficient (Wildman–Crippen LogP) is 0.630. The van der Waals surface area contributed by atoms with E-state index in [9.17, 15) is 28.8 Å². The average Bonchev–Trinajstić information content (AvgIpc) is 3.20. The highest BCUT2D eigenvalue weighted by atomic mass is 32.2. The molecule has 158 valence electrons. The Morgan fingerprint density at radius 3 is 2.11 bits per heavy atom. The lowest BCUT2D eigenvalue weighted by atomic mass is 9.73. The Labute approximate surface area is 166 Å². The van der Waals surface area contributed by atoms with E-state index >= 15 is 0 Å². The van der Waals surface area contributed by atoms with Gasteiger partial charge in [-0.3, -0.25) is 0 Å². The minimum Gasteiger partial charge on any atom is -0.396 e. The van der Waals surface area contributed by atoms with Gasteiger partial charge in [-0.1, -0.05) is 18.2 Å². The number of aliphatic hydroxyl groups excluding tert-OH is 4. The summed E-state index contributed by atoms with van der Waals surface area (Å²) in [4.78, 5) is 0.156. The Morgan fingerprint density at radius 2 is 1.54 bits per heavy atom. The molecule has 3 rings (SSSR count). The molecule has 28 heavy (non-hydrogen) atoms. The molecular weight excluding hydrogens is 382 g/mol.